The molecule has 0 radical (unpaired) electrons. The summed E-state index contributed by atoms with van der Waals surface area (Å²) in [5.74, 6) is 3.56. The summed E-state index contributed by atoms with van der Waals surface area (Å²) in [4.78, 5) is 4.77. The monoisotopic (exact) mass is 388 g/mol. The van der Waals surface area contributed by atoms with Gasteiger partial charge < -0.3 is 24.4 Å². The minimum atomic E-state index is 0.0216. The molecule has 2 atom stereocenters. The Bertz CT molecular complexity index is 747. The SMILES string of the molecule is CCc1nncn1CCNC(=NCC1CCCCO1)NC(C)c1ccc(C)o1. The van der Waals surface area contributed by atoms with E-state index in [0.717, 1.165) is 62.3 Å². The summed E-state index contributed by atoms with van der Waals surface area (Å²) in [5, 5.41) is 15.0. The molecule has 1 aliphatic heterocycles. The van der Waals surface area contributed by atoms with Crippen molar-refractivity contribution in [1.29, 1.82) is 0 Å². The van der Waals surface area contributed by atoms with E-state index in [1.807, 2.05) is 19.1 Å². The normalized spacial score (nSPS) is 18.8. The van der Waals surface area contributed by atoms with Gasteiger partial charge >= 0.3 is 0 Å². The van der Waals surface area contributed by atoms with Crippen LogP contribution in [-0.4, -0.2) is 46.5 Å². The smallest absolute Gasteiger partial charge is 0.192 e. The molecule has 8 nitrogen and oxygen atoms in total. The Balaban J connectivity index is 1.59. The fourth-order valence-corrected chi connectivity index (χ4v) is 3.29. The van der Waals surface area contributed by atoms with Gasteiger partial charge in [-0.3, -0.25) is 4.99 Å². The molecule has 3 heterocycles. The third-order valence-electron chi connectivity index (χ3n) is 4.93. The van der Waals surface area contributed by atoms with Crippen LogP contribution in [0.1, 0.15) is 56.5 Å². The summed E-state index contributed by atoms with van der Waals surface area (Å²) in [6, 6.07) is 4.00. The number of hydrogen-bond acceptors (Lipinski definition) is 5. The van der Waals surface area contributed by atoms with Crippen molar-refractivity contribution in [3.8, 4) is 0 Å². The van der Waals surface area contributed by atoms with Gasteiger partial charge in [0.25, 0.3) is 0 Å². The number of hydrogen-bond donors (Lipinski definition) is 2. The van der Waals surface area contributed by atoms with Crippen molar-refractivity contribution < 1.29 is 9.15 Å². The molecule has 28 heavy (non-hydrogen) atoms. The summed E-state index contributed by atoms with van der Waals surface area (Å²) in [6.07, 6.45) is 6.29. The van der Waals surface area contributed by atoms with E-state index in [1.54, 1.807) is 6.33 Å². The summed E-state index contributed by atoms with van der Waals surface area (Å²) in [6.45, 7) is 9.12. The van der Waals surface area contributed by atoms with Crippen molar-refractivity contribution in [2.75, 3.05) is 19.7 Å². The first-order valence-corrected chi connectivity index (χ1v) is 10.2. The number of ether oxygens (including phenoxy) is 1. The molecular formula is C20H32N6O2. The first-order chi connectivity index (χ1) is 13.7. The minimum Gasteiger partial charge on any atom is -0.464 e. The van der Waals surface area contributed by atoms with Gasteiger partial charge in [0.2, 0.25) is 0 Å². The van der Waals surface area contributed by atoms with E-state index in [4.69, 9.17) is 14.1 Å². The second-order valence-electron chi connectivity index (χ2n) is 7.21. The van der Waals surface area contributed by atoms with E-state index in [0.29, 0.717) is 6.54 Å². The molecule has 0 bridgehead atoms. The zero-order valence-corrected chi connectivity index (χ0v) is 17.1. The topological polar surface area (TPSA) is 89.5 Å². The van der Waals surface area contributed by atoms with Crippen molar-refractivity contribution in [2.45, 2.75) is 65.1 Å². The van der Waals surface area contributed by atoms with Gasteiger partial charge in [-0.1, -0.05) is 6.92 Å². The van der Waals surface area contributed by atoms with Gasteiger partial charge in [-0.15, -0.1) is 10.2 Å². The summed E-state index contributed by atoms with van der Waals surface area (Å²) >= 11 is 0. The van der Waals surface area contributed by atoms with E-state index in [9.17, 15) is 0 Å². The number of furan rings is 1. The van der Waals surface area contributed by atoms with Gasteiger partial charge in [-0.05, 0) is 45.2 Å². The standard InChI is InChI=1S/C20H32N6O2/c1-4-19-25-23-14-26(19)11-10-21-20(22-13-17-7-5-6-12-27-17)24-16(3)18-9-8-15(2)28-18/h8-9,14,16-17H,4-7,10-13H2,1-3H3,(H2,21,22,24). The van der Waals surface area contributed by atoms with Crippen LogP contribution in [0.2, 0.25) is 0 Å². The quantitative estimate of drug-likeness (QED) is 0.534. The fourth-order valence-electron chi connectivity index (χ4n) is 3.29. The molecule has 1 saturated heterocycles. The lowest BCUT2D eigenvalue weighted by Gasteiger charge is -2.22. The lowest BCUT2D eigenvalue weighted by atomic mass is 10.1. The highest BCUT2D eigenvalue weighted by atomic mass is 16.5. The largest absolute Gasteiger partial charge is 0.464 e. The Hall–Kier alpha value is -2.35. The summed E-state index contributed by atoms with van der Waals surface area (Å²) < 4.78 is 13.6. The fraction of sp³-hybridized carbons (Fsp3) is 0.650. The number of nitrogens with one attached hydrogen (secondary N) is 2. The van der Waals surface area contributed by atoms with Crippen molar-refractivity contribution in [3.05, 3.63) is 35.8 Å². The molecule has 2 aromatic rings. The number of aryl methyl sites for hydroxylation is 2. The third-order valence-corrected chi connectivity index (χ3v) is 4.93. The first-order valence-electron chi connectivity index (χ1n) is 10.2. The molecule has 0 aromatic carbocycles. The van der Waals surface area contributed by atoms with Crippen molar-refractivity contribution >= 4 is 5.96 Å². The molecule has 0 amide bonds. The Morgan fingerprint density at radius 2 is 2.29 bits per heavy atom. The van der Waals surface area contributed by atoms with Crippen molar-refractivity contribution in [2.24, 2.45) is 4.99 Å². The van der Waals surface area contributed by atoms with E-state index >= 15 is 0 Å². The molecule has 2 unspecified atom stereocenters. The Kier molecular flexibility index (Phi) is 7.47. The van der Waals surface area contributed by atoms with Crippen LogP contribution in [0.5, 0.6) is 0 Å². The van der Waals surface area contributed by atoms with Crippen LogP contribution in [0.25, 0.3) is 0 Å². The van der Waals surface area contributed by atoms with Crippen molar-refractivity contribution in [3.63, 3.8) is 0 Å². The van der Waals surface area contributed by atoms with Crippen molar-refractivity contribution in [1.82, 2.24) is 25.4 Å². The van der Waals surface area contributed by atoms with Crippen LogP contribution in [0.15, 0.2) is 27.9 Å². The highest BCUT2D eigenvalue weighted by Gasteiger charge is 2.15. The van der Waals surface area contributed by atoms with E-state index in [2.05, 4.69) is 39.2 Å². The van der Waals surface area contributed by atoms with Crippen LogP contribution < -0.4 is 10.6 Å². The molecule has 0 spiro atoms. The molecule has 0 aliphatic carbocycles. The van der Waals surface area contributed by atoms with Crippen LogP contribution in [-0.2, 0) is 17.7 Å². The molecule has 0 saturated carbocycles. The lowest BCUT2D eigenvalue weighted by Crippen LogP contribution is -2.41. The van der Waals surface area contributed by atoms with E-state index in [1.165, 1.54) is 6.42 Å². The van der Waals surface area contributed by atoms with Crippen LogP contribution >= 0.6 is 0 Å². The van der Waals surface area contributed by atoms with Gasteiger partial charge in [0, 0.05) is 26.1 Å². The maximum Gasteiger partial charge on any atom is 0.192 e. The first kappa shape index (κ1) is 20.4. The molecule has 1 aliphatic rings. The van der Waals surface area contributed by atoms with Gasteiger partial charge in [-0.2, -0.15) is 0 Å². The predicted octanol–water partition coefficient (Wildman–Crippen LogP) is 2.61. The maximum atomic E-state index is 5.81. The van der Waals surface area contributed by atoms with Crippen LogP contribution in [0.4, 0.5) is 0 Å². The number of rotatable bonds is 8. The number of nitrogens with zero attached hydrogens (tertiary/aromatic N) is 4. The Morgan fingerprint density at radius 1 is 1.39 bits per heavy atom. The third kappa shape index (κ3) is 5.82. The number of aromatic nitrogens is 3. The second-order valence-corrected chi connectivity index (χ2v) is 7.21. The average Bonchev–Trinajstić information content (AvgIpc) is 3.35. The zero-order chi connectivity index (χ0) is 19.8. The Labute approximate surface area is 166 Å². The average molecular weight is 389 g/mol. The van der Waals surface area contributed by atoms with Crippen LogP contribution in [0.3, 0.4) is 0 Å². The number of aliphatic imine (C=N–C) groups is 1. The minimum absolute atomic E-state index is 0.0216. The Morgan fingerprint density at radius 3 is 3.00 bits per heavy atom. The molecule has 2 N–H and O–H groups in total. The highest BCUT2D eigenvalue weighted by molar-refractivity contribution is 5.80. The van der Waals surface area contributed by atoms with E-state index < -0.39 is 0 Å². The van der Waals surface area contributed by atoms with Gasteiger partial charge in [0.1, 0.15) is 23.7 Å². The predicted molar refractivity (Wildman–Crippen MR) is 108 cm³/mol. The molecule has 3 rings (SSSR count). The molecule has 154 valence electrons. The zero-order valence-electron chi connectivity index (χ0n) is 17.1. The molecular weight excluding hydrogens is 356 g/mol. The molecule has 8 heteroatoms. The van der Waals surface area contributed by atoms with Gasteiger partial charge in [0.15, 0.2) is 5.96 Å². The van der Waals surface area contributed by atoms with Crippen LogP contribution in [0, 0.1) is 6.92 Å². The van der Waals surface area contributed by atoms with Gasteiger partial charge in [-0.25, -0.2) is 0 Å². The van der Waals surface area contributed by atoms with Gasteiger partial charge in [0.05, 0.1) is 18.7 Å². The second kappa shape index (κ2) is 10.3. The highest BCUT2D eigenvalue weighted by Crippen LogP contribution is 2.16. The maximum absolute atomic E-state index is 5.81. The lowest BCUT2D eigenvalue weighted by molar-refractivity contribution is 0.0224. The summed E-state index contributed by atoms with van der Waals surface area (Å²) in [5.41, 5.74) is 0. The summed E-state index contributed by atoms with van der Waals surface area (Å²) in [7, 11) is 0. The van der Waals surface area contributed by atoms with E-state index in [-0.39, 0.29) is 12.1 Å². The number of guanidine groups is 1. The molecule has 2 aromatic heterocycles. The molecule has 1 fully saturated rings.